The van der Waals surface area contributed by atoms with E-state index in [0.717, 1.165) is 0 Å². The molecular formula is C19H21F6OSi. The van der Waals surface area contributed by atoms with Gasteiger partial charge in [-0.2, -0.15) is 4.39 Å². The molecule has 2 aromatic carbocycles. The summed E-state index contributed by atoms with van der Waals surface area (Å²) in [7, 11) is -2.97. The minimum atomic E-state index is -2.97. The predicted molar refractivity (Wildman–Crippen MR) is 94.2 cm³/mol. The largest absolute Gasteiger partial charge is 0.540 e. The Morgan fingerprint density at radius 1 is 0.630 bits per heavy atom. The van der Waals surface area contributed by atoms with Gasteiger partial charge in [0, 0.05) is 0 Å². The van der Waals surface area contributed by atoms with Gasteiger partial charge in [0.1, 0.15) is 5.82 Å². The van der Waals surface area contributed by atoms with Gasteiger partial charge < -0.3 is 4.43 Å². The molecule has 0 aromatic heterocycles. The van der Waals surface area contributed by atoms with Crippen LogP contribution in [0.2, 0.25) is 16.6 Å². The minimum Gasteiger partial charge on any atom is -0.540 e. The third-order valence-corrected chi connectivity index (χ3v) is 11.1. The van der Waals surface area contributed by atoms with Crippen LogP contribution in [0.5, 0.6) is 5.75 Å². The van der Waals surface area contributed by atoms with Gasteiger partial charge in [-0.25, -0.2) is 22.0 Å². The summed E-state index contributed by atoms with van der Waals surface area (Å²) in [5, 5.41) is -2.30. The Hall–Kier alpha value is -1.70. The van der Waals surface area contributed by atoms with Crippen LogP contribution in [-0.4, -0.2) is 8.32 Å². The molecule has 0 bridgehead atoms. The van der Waals surface area contributed by atoms with Crippen LogP contribution in [0, 0.1) is 41.0 Å². The SMILES string of the molecule is CC(C)[Si](Oc1c(F)c(F)c(F)c2c(F)[c]c(F)c(F)c12)(C(C)C)C(C)C. The first-order valence-electron chi connectivity index (χ1n) is 8.62. The summed E-state index contributed by atoms with van der Waals surface area (Å²) < 4.78 is 90.9. The Balaban J connectivity index is 2.98. The molecule has 149 valence electrons. The maximum Gasteiger partial charge on any atom is 0.258 e. The van der Waals surface area contributed by atoms with Crippen molar-refractivity contribution < 1.29 is 30.8 Å². The lowest BCUT2D eigenvalue weighted by atomic mass is 10.1. The Labute approximate surface area is 155 Å². The molecule has 0 aliphatic heterocycles. The molecule has 8 heteroatoms. The Kier molecular flexibility index (Phi) is 5.90. The van der Waals surface area contributed by atoms with Gasteiger partial charge in [-0.1, -0.05) is 41.5 Å². The summed E-state index contributed by atoms with van der Waals surface area (Å²) in [6, 6.07) is 1.35. The standard InChI is InChI=1S/C19H21F6OSi/c1-8(2)27(9(3)4,10(5)6)26-19-14-13(16(23)17(24)18(19)25)11(20)7-12(21)15(14)22/h8-10H,1-6H3. The number of hydrogen-bond acceptors (Lipinski definition) is 1. The number of benzene rings is 2. The molecule has 1 nitrogen and oxygen atoms in total. The lowest BCUT2D eigenvalue weighted by Gasteiger charge is -2.42. The Morgan fingerprint density at radius 3 is 1.56 bits per heavy atom. The van der Waals surface area contributed by atoms with Crippen LogP contribution in [0.3, 0.4) is 0 Å². The zero-order valence-corrected chi connectivity index (χ0v) is 16.9. The van der Waals surface area contributed by atoms with E-state index in [0.29, 0.717) is 0 Å². The van der Waals surface area contributed by atoms with E-state index < -0.39 is 59.7 Å². The molecular weight excluding hydrogens is 386 g/mol. The fraction of sp³-hybridized carbons (Fsp3) is 0.474. The summed E-state index contributed by atoms with van der Waals surface area (Å²) >= 11 is 0. The molecule has 0 unspecified atom stereocenters. The molecule has 0 fully saturated rings. The van der Waals surface area contributed by atoms with Gasteiger partial charge in [-0.15, -0.1) is 0 Å². The van der Waals surface area contributed by atoms with Crippen molar-refractivity contribution in [1.82, 2.24) is 0 Å². The molecule has 2 aromatic rings. The number of fused-ring (bicyclic) bond motifs is 1. The van der Waals surface area contributed by atoms with Crippen LogP contribution in [0.25, 0.3) is 10.8 Å². The van der Waals surface area contributed by atoms with Crippen LogP contribution in [0.1, 0.15) is 41.5 Å². The lowest BCUT2D eigenvalue weighted by molar-refractivity contribution is 0.402. The van der Waals surface area contributed by atoms with E-state index in [2.05, 4.69) is 0 Å². The first-order chi connectivity index (χ1) is 12.4. The first-order valence-corrected chi connectivity index (χ1v) is 10.8. The highest BCUT2D eigenvalue weighted by Crippen LogP contribution is 2.46. The normalized spacial score (nSPS) is 12.7. The van der Waals surface area contributed by atoms with Gasteiger partial charge in [-0.05, 0) is 16.6 Å². The second kappa shape index (κ2) is 7.37. The molecule has 2 rings (SSSR count). The van der Waals surface area contributed by atoms with Crippen LogP contribution < -0.4 is 4.43 Å². The zero-order chi connectivity index (χ0) is 20.8. The molecule has 1 radical (unpaired) electrons. The van der Waals surface area contributed by atoms with Crippen molar-refractivity contribution in [2.75, 3.05) is 0 Å². The average Bonchev–Trinajstić information content (AvgIpc) is 2.55. The van der Waals surface area contributed by atoms with E-state index >= 15 is 0 Å². The van der Waals surface area contributed by atoms with Gasteiger partial charge in [0.05, 0.1) is 16.8 Å². The summed E-state index contributed by atoms with van der Waals surface area (Å²) in [5.74, 6) is -11.9. The average molecular weight is 407 g/mol. The molecule has 0 atom stereocenters. The van der Waals surface area contributed by atoms with Gasteiger partial charge in [0.2, 0.25) is 5.82 Å². The van der Waals surface area contributed by atoms with Crippen molar-refractivity contribution in [3.8, 4) is 5.75 Å². The van der Waals surface area contributed by atoms with Crippen LogP contribution in [0.4, 0.5) is 26.3 Å². The van der Waals surface area contributed by atoms with E-state index in [1.165, 1.54) is 6.07 Å². The first kappa shape index (κ1) is 21.6. The molecule has 0 N–H and O–H groups in total. The topological polar surface area (TPSA) is 9.23 Å². The number of rotatable bonds is 5. The smallest absolute Gasteiger partial charge is 0.258 e. The third kappa shape index (κ3) is 3.21. The maximum atomic E-state index is 14.6. The van der Waals surface area contributed by atoms with Crippen LogP contribution in [-0.2, 0) is 0 Å². The molecule has 0 saturated heterocycles. The zero-order valence-electron chi connectivity index (χ0n) is 15.9. The van der Waals surface area contributed by atoms with E-state index in [1.807, 2.05) is 41.5 Å². The van der Waals surface area contributed by atoms with E-state index in [-0.39, 0.29) is 16.6 Å². The summed E-state index contributed by atoms with van der Waals surface area (Å²) in [5.41, 5.74) is -0.394. The highest BCUT2D eigenvalue weighted by molar-refractivity contribution is 6.78. The molecule has 0 amide bonds. The highest BCUT2D eigenvalue weighted by atomic mass is 28.4. The van der Waals surface area contributed by atoms with E-state index in [1.54, 1.807) is 0 Å². The Morgan fingerprint density at radius 2 is 1.11 bits per heavy atom. The fourth-order valence-electron chi connectivity index (χ4n) is 4.00. The third-order valence-electron chi connectivity index (χ3n) is 5.12. The number of halogens is 6. The maximum absolute atomic E-state index is 14.6. The molecule has 27 heavy (non-hydrogen) atoms. The monoisotopic (exact) mass is 407 g/mol. The molecule has 0 heterocycles. The van der Waals surface area contributed by atoms with Crippen molar-refractivity contribution in [1.29, 1.82) is 0 Å². The number of hydrogen-bond donors (Lipinski definition) is 0. The summed E-state index contributed by atoms with van der Waals surface area (Å²) in [6.45, 7) is 11.0. The predicted octanol–water partition coefficient (Wildman–Crippen LogP) is 7.03. The molecule has 0 aliphatic carbocycles. The van der Waals surface area contributed by atoms with Gasteiger partial charge in [0.25, 0.3) is 8.32 Å². The Bertz CT molecular complexity index is 857. The van der Waals surface area contributed by atoms with Gasteiger partial charge in [0.15, 0.2) is 29.0 Å². The second-order valence-electron chi connectivity index (χ2n) is 7.51. The summed E-state index contributed by atoms with van der Waals surface area (Å²) in [4.78, 5) is 0. The minimum absolute atomic E-state index is 0.131. The quantitative estimate of drug-likeness (QED) is 0.224. The van der Waals surface area contributed by atoms with Crippen molar-refractivity contribution in [2.45, 2.75) is 58.2 Å². The van der Waals surface area contributed by atoms with E-state index in [9.17, 15) is 26.3 Å². The van der Waals surface area contributed by atoms with E-state index in [4.69, 9.17) is 4.43 Å². The molecule has 0 aliphatic rings. The van der Waals surface area contributed by atoms with Crippen LogP contribution in [0.15, 0.2) is 0 Å². The van der Waals surface area contributed by atoms with Crippen molar-refractivity contribution >= 4 is 19.1 Å². The fourth-order valence-corrected chi connectivity index (χ4v) is 9.26. The van der Waals surface area contributed by atoms with Crippen molar-refractivity contribution in [3.63, 3.8) is 0 Å². The highest BCUT2D eigenvalue weighted by Gasteiger charge is 2.48. The van der Waals surface area contributed by atoms with Gasteiger partial charge in [-0.3, -0.25) is 0 Å². The summed E-state index contributed by atoms with van der Waals surface area (Å²) in [6.07, 6.45) is 0. The molecule has 0 spiro atoms. The van der Waals surface area contributed by atoms with Crippen molar-refractivity contribution in [2.24, 2.45) is 0 Å². The lowest BCUT2D eigenvalue weighted by Crippen LogP contribution is -2.51. The second-order valence-corrected chi connectivity index (χ2v) is 12.9. The molecule has 0 saturated carbocycles. The van der Waals surface area contributed by atoms with Gasteiger partial charge >= 0.3 is 0 Å². The van der Waals surface area contributed by atoms with Crippen molar-refractivity contribution in [3.05, 3.63) is 41.0 Å². The van der Waals surface area contributed by atoms with Crippen LogP contribution >= 0.6 is 0 Å².